The molecule has 0 aliphatic carbocycles. The predicted octanol–water partition coefficient (Wildman–Crippen LogP) is -0.305. The summed E-state index contributed by atoms with van der Waals surface area (Å²) in [5, 5.41) is 18.5. The van der Waals surface area contributed by atoms with Crippen molar-refractivity contribution < 1.29 is 10.2 Å². The largest absolute Gasteiger partial charge is 0.393 e. The Morgan fingerprint density at radius 1 is 1.57 bits per heavy atom. The first-order valence-corrected chi connectivity index (χ1v) is 4.55. The van der Waals surface area contributed by atoms with Gasteiger partial charge in [-0.15, -0.1) is 0 Å². The van der Waals surface area contributed by atoms with E-state index in [-0.39, 0.29) is 6.61 Å². The third-order valence-electron chi connectivity index (χ3n) is 2.27. The van der Waals surface area contributed by atoms with Crippen molar-refractivity contribution in [1.29, 1.82) is 0 Å². The minimum atomic E-state index is -1.25. The van der Waals surface area contributed by atoms with Gasteiger partial charge >= 0.3 is 0 Å². The lowest BCUT2D eigenvalue weighted by Crippen LogP contribution is -2.49. The summed E-state index contributed by atoms with van der Waals surface area (Å²) in [5.41, 5.74) is 5.31. The SMILES string of the molecule is C[C@](O)(CO)[C@H](N)Cc1ccccn1. The van der Waals surface area contributed by atoms with Crippen molar-refractivity contribution in [3.05, 3.63) is 30.1 Å². The van der Waals surface area contributed by atoms with Crippen LogP contribution in [0.5, 0.6) is 0 Å². The topological polar surface area (TPSA) is 79.4 Å². The van der Waals surface area contributed by atoms with Crippen LogP contribution in [0.25, 0.3) is 0 Å². The number of hydrogen-bond acceptors (Lipinski definition) is 4. The average molecular weight is 196 g/mol. The van der Waals surface area contributed by atoms with Crippen LogP contribution in [-0.4, -0.2) is 33.4 Å². The lowest BCUT2D eigenvalue weighted by molar-refractivity contribution is -0.0191. The van der Waals surface area contributed by atoms with Gasteiger partial charge in [-0.1, -0.05) is 6.07 Å². The van der Waals surface area contributed by atoms with Gasteiger partial charge in [-0.05, 0) is 19.1 Å². The van der Waals surface area contributed by atoms with Crippen molar-refractivity contribution in [2.45, 2.75) is 25.0 Å². The number of aromatic nitrogens is 1. The fraction of sp³-hybridized carbons (Fsp3) is 0.500. The highest BCUT2D eigenvalue weighted by molar-refractivity contribution is 5.07. The lowest BCUT2D eigenvalue weighted by atomic mass is 9.94. The van der Waals surface area contributed by atoms with Gasteiger partial charge in [0.15, 0.2) is 0 Å². The van der Waals surface area contributed by atoms with E-state index >= 15 is 0 Å². The number of hydrogen-bond donors (Lipinski definition) is 3. The molecular formula is C10H16N2O2. The summed E-state index contributed by atoms with van der Waals surface area (Å²) in [6.07, 6.45) is 2.13. The van der Waals surface area contributed by atoms with Gasteiger partial charge in [0.05, 0.1) is 6.61 Å². The third-order valence-corrected chi connectivity index (χ3v) is 2.27. The summed E-state index contributed by atoms with van der Waals surface area (Å²) in [6, 6.07) is 5.01. The first-order valence-electron chi connectivity index (χ1n) is 4.55. The standard InChI is InChI=1S/C10H16N2O2/c1-10(14,7-13)9(11)6-8-4-2-3-5-12-8/h2-5,9,13-14H,6-7,11H2,1H3/t9-,10+/m1/s1. The predicted molar refractivity (Wildman–Crippen MR) is 53.6 cm³/mol. The summed E-state index contributed by atoms with van der Waals surface area (Å²) in [5.74, 6) is 0. The van der Waals surface area contributed by atoms with Gasteiger partial charge in [0.1, 0.15) is 5.60 Å². The molecule has 0 aliphatic heterocycles. The zero-order valence-electron chi connectivity index (χ0n) is 8.22. The van der Waals surface area contributed by atoms with Gasteiger partial charge in [0.2, 0.25) is 0 Å². The van der Waals surface area contributed by atoms with E-state index < -0.39 is 11.6 Å². The maximum absolute atomic E-state index is 9.65. The van der Waals surface area contributed by atoms with Crippen LogP contribution >= 0.6 is 0 Å². The average Bonchev–Trinajstić information content (AvgIpc) is 2.19. The quantitative estimate of drug-likeness (QED) is 0.617. The molecule has 1 aromatic heterocycles. The van der Waals surface area contributed by atoms with Crippen LogP contribution in [0.4, 0.5) is 0 Å². The maximum atomic E-state index is 9.65. The zero-order chi connectivity index (χ0) is 10.6. The molecule has 0 aliphatic rings. The zero-order valence-corrected chi connectivity index (χ0v) is 8.22. The molecule has 0 saturated heterocycles. The molecule has 2 atom stereocenters. The molecule has 0 fully saturated rings. The van der Waals surface area contributed by atoms with Crippen molar-refractivity contribution in [3.63, 3.8) is 0 Å². The normalized spacial score (nSPS) is 17.4. The molecule has 0 amide bonds. The molecule has 78 valence electrons. The molecule has 0 radical (unpaired) electrons. The van der Waals surface area contributed by atoms with E-state index in [4.69, 9.17) is 10.8 Å². The van der Waals surface area contributed by atoms with Crippen molar-refractivity contribution in [2.75, 3.05) is 6.61 Å². The second kappa shape index (κ2) is 4.50. The highest BCUT2D eigenvalue weighted by Crippen LogP contribution is 2.10. The van der Waals surface area contributed by atoms with Crippen molar-refractivity contribution in [3.8, 4) is 0 Å². The van der Waals surface area contributed by atoms with E-state index in [0.717, 1.165) is 5.69 Å². The van der Waals surface area contributed by atoms with Gasteiger partial charge in [-0.25, -0.2) is 0 Å². The minimum Gasteiger partial charge on any atom is -0.393 e. The molecule has 0 aromatic carbocycles. The molecule has 1 heterocycles. The van der Waals surface area contributed by atoms with Crippen LogP contribution in [0.2, 0.25) is 0 Å². The Morgan fingerprint density at radius 3 is 2.79 bits per heavy atom. The molecule has 0 unspecified atom stereocenters. The van der Waals surface area contributed by atoms with Crippen molar-refractivity contribution in [2.24, 2.45) is 5.73 Å². The summed E-state index contributed by atoms with van der Waals surface area (Å²) < 4.78 is 0. The lowest BCUT2D eigenvalue weighted by Gasteiger charge is -2.27. The summed E-state index contributed by atoms with van der Waals surface area (Å²) in [7, 11) is 0. The second-order valence-electron chi connectivity index (χ2n) is 3.65. The number of aliphatic hydroxyl groups excluding tert-OH is 1. The van der Waals surface area contributed by atoms with Crippen LogP contribution in [0.15, 0.2) is 24.4 Å². The van der Waals surface area contributed by atoms with E-state index in [1.54, 1.807) is 6.20 Å². The highest BCUT2D eigenvalue weighted by Gasteiger charge is 2.28. The fourth-order valence-corrected chi connectivity index (χ4v) is 1.08. The summed E-state index contributed by atoms with van der Waals surface area (Å²) >= 11 is 0. The third kappa shape index (κ3) is 2.77. The molecule has 1 aromatic rings. The van der Waals surface area contributed by atoms with E-state index in [0.29, 0.717) is 6.42 Å². The first-order chi connectivity index (χ1) is 6.56. The van der Waals surface area contributed by atoms with Crippen molar-refractivity contribution >= 4 is 0 Å². The van der Waals surface area contributed by atoms with E-state index in [9.17, 15) is 5.11 Å². The Hall–Kier alpha value is -0.970. The Balaban J connectivity index is 2.62. The molecule has 4 N–H and O–H groups in total. The Kier molecular flexibility index (Phi) is 3.57. The number of nitrogens with zero attached hydrogens (tertiary/aromatic N) is 1. The fourth-order valence-electron chi connectivity index (χ4n) is 1.08. The van der Waals surface area contributed by atoms with Gasteiger partial charge < -0.3 is 15.9 Å². The minimum absolute atomic E-state index is 0.346. The van der Waals surface area contributed by atoms with Crippen LogP contribution < -0.4 is 5.73 Å². The van der Waals surface area contributed by atoms with E-state index in [1.165, 1.54) is 6.92 Å². The molecular weight excluding hydrogens is 180 g/mol. The van der Waals surface area contributed by atoms with Gasteiger partial charge in [-0.2, -0.15) is 0 Å². The Labute approximate surface area is 83.4 Å². The van der Waals surface area contributed by atoms with Crippen LogP contribution in [0, 0.1) is 0 Å². The van der Waals surface area contributed by atoms with Crippen LogP contribution in [-0.2, 0) is 6.42 Å². The monoisotopic (exact) mass is 196 g/mol. The molecule has 1 rings (SSSR count). The van der Waals surface area contributed by atoms with Gasteiger partial charge in [-0.3, -0.25) is 4.98 Å². The molecule has 0 bridgehead atoms. The van der Waals surface area contributed by atoms with Crippen molar-refractivity contribution in [1.82, 2.24) is 4.98 Å². The van der Waals surface area contributed by atoms with Gasteiger partial charge in [0, 0.05) is 24.4 Å². The number of rotatable bonds is 4. The Morgan fingerprint density at radius 2 is 2.29 bits per heavy atom. The number of nitrogens with two attached hydrogens (primary N) is 1. The smallest absolute Gasteiger partial charge is 0.100 e. The number of pyridine rings is 1. The molecule has 0 spiro atoms. The van der Waals surface area contributed by atoms with E-state index in [2.05, 4.69) is 4.98 Å². The van der Waals surface area contributed by atoms with Crippen LogP contribution in [0.3, 0.4) is 0 Å². The summed E-state index contributed by atoms with van der Waals surface area (Å²) in [4.78, 5) is 4.09. The highest BCUT2D eigenvalue weighted by atomic mass is 16.3. The molecule has 14 heavy (non-hydrogen) atoms. The molecule has 4 nitrogen and oxygen atoms in total. The number of aliphatic hydroxyl groups is 2. The van der Waals surface area contributed by atoms with Gasteiger partial charge in [0.25, 0.3) is 0 Å². The van der Waals surface area contributed by atoms with Crippen LogP contribution in [0.1, 0.15) is 12.6 Å². The first kappa shape index (κ1) is 11.1. The second-order valence-corrected chi connectivity index (χ2v) is 3.65. The van der Waals surface area contributed by atoms with E-state index in [1.807, 2.05) is 18.2 Å². The Bertz CT molecular complexity index is 275. The molecule has 4 heteroatoms. The molecule has 0 saturated carbocycles. The summed E-state index contributed by atoms with van der Waals surface area (Å²) in [6.45, 7) is 1.17. The maximum Gasteiger partial charge on any atom is 0.100 e.